The van der Waals surface area contributed by atoms with Crippen molar-refractivity contribution in [3.63, 3.8) is 0 Å². The Kier molecular flexibility index (Phi) is 6.68. The molecule has 0 bridgehead atoms. The van der Waals surface area contributed by atoms with Crippen LogP contribution in [0, 0.1) is 17.2 Å². The van der Waals surface area contributed by atoms with Gasteiger partial charge in [0.25, 0.3) is 0 Å². The van der Waals surface area contributed by atoms with Crippen LogP contribution in [0.2, 0.25) is 0 Å². The molecule has 1 aromatic rings. The maximum Gasteiger partial charge on any atom is 0.225 e. The van der Waals surface area contributed by atoms with Gasteiger partial charge in [0.1, 0.15) is 11.9 Å². The van der Waals surface area contributed by atoms with E-state index in [1.165, 1.54) is 12.8 Å². The van der Waals surface area contributed by atoms with Gasteiger partial charge in [-0.3, -0.25) is 9.69 Å². The number of anilines is 1. The Bertz CT molecular complexity index is 648. The van der Waals surface area contributed by atoms with Crippen LogP contribution >= 0.6 is 0 Å². The van der Waals surface area contributed by atoms with E-state index in [0.717, 1.165) is 57.9 Å². The summed E-state index contributed by atoms with van der Waals surface area (Å²) in [5.74, 6) is 1.38. The first kappa shape index (κ1) is 19.6. The van der Waals surface area contributed by atoms with Gasteiger partial charge < -0.3 is 9.80 Å². The smallest absolute Gasteiger partial charge is 0.225 e. The maximum atomic E-state index is 12.9. The molecular weight excluding hydrogens is 338 g/mol. The molecule has 0 N–H and O–H groups in total. The van der Waals surface area contributed by atoms with Crippen LogP contribution in [0.4, 0.5) is 5.82 Å². The number of carbonyl (C=O) groups is 1. The zero-order chi connectivity index (χ0) is 19.2. The minimum Gasteiger partial charge on any atom is -0.357 e. The summed E-state index contributed by atoms with van der Waals surface area (Å²) in [4.78, 5) is 24.2. The molecule has 2 aliphatic rings. The van der Waals surface area contributed by atoms with Crippen LogP contribution in [0.3, 0.4) is 0 Å². The van der Waals surface area contributed by atoms with Crippen LogP contribution < -0.4 is 4.90 Å². The standard InChI is InChI=1S/C21H31N5O/c1-3-19(4-2)24-11-13-26(14-12-24)21(27)18-7-9-25(10-8-18)20-6-5-17(15-22)16-23-20/h5-6,16,18-19H,3-4,7-14H2,1-2H3. The van der Waals surface area contributed by atoms with Crippen molar-refractivity contribution in [3.8, 4) is 6.07 Å². The summed E-state index contributed by atoms with van der Waals surface area (Å²) >= 11 is 0. The van der Waals surface area contributed by atoms with E-state index in [1.54, 1.807) is 12.3 Å². The zero-order valence-corrected chi connectivity index (χ0v) is 16.6. The summed E-state index contributed by atoms with van der Waals surface area (Å²) in [5, 5.41) is 8.88. The molecule has 1 amide bonds. The summed E-state index contributed by atoms with van der Waals surface area (Å²) in [6, 6.07) is 6.46. The number of pyridine rings is 1. The van der Waals surface area contributed by atoms with E-state index in [1.807, 2.05) is 6.07 Å². The molecule has 1 aromatic heterocycles. The number of nitriles is 1. The molecule has 0 unspecified atom stereocenters. The summed E-state index contributed by atoms with van der Waals surface area (Å²) in [5.41, 5.74) is 0.580. The first-order valence-corrected chi connectivity index (χ1v) is 10.3. The number of hydrogen-bond acceptors (Lipinski definition) is 5. The Morgan fingerprint density at radius 1 is 1.15 bits per heavy atom. The summed E-state index contributed by atoms with van der Waals surface area (Å²) in [6.45, 7) is 9.95. The highest BCUT2D eigenvalue weighted by Gasteiger charge is 2.31. The molecule has 27 heavy (non-hydrogen) atoms. The topological polar surface area (TPSA) is 63.5 Å². The number of nitrogens with zero attached hydrogens (tertiary/aromatic N) is 5. The Balaban J connectivity index is 1.48. The minimum absolute atomic E-state index is 0.138. The molecule has 0 atom stereocenters. The Labute approximate surface area is 162 Å². The van der Waals surface area contributed by atoms with Crippen molar-refractivity contribution in [3.05, 3.63) is 23.9 Å². The first-order chi connectivity index (χ1) is 13.2. The van der Waals surface area contributed by atoms with E-state index in [2.05, 4.69) is 39.6 Å². The maximum absolute atomic E-state index is 12.9. The average molecular weight is 370 g/mol. The van der Waals surface area contributed by atoms with Gasteiger partial charge in [-0.15, -0.1) is 0 Å². The molecule has 146 valence electrons. The molecule has 6 heteroatoms. The summed E-state index contributed by atoms with van der Waals surface area (Å²) in [7, 11) is 0. The van der Waals surface area contributed by atoms with Crippen molar-refractivity contribution >= 4 is 11.7 Å². The van der Waals surface area contributed by atoms with Gasteiger partial charge in [-0.2, -0.15) is 5.26 Å². The Morgan fingerprint density at radius 2 is 1.81 bits per heavy atom. The van der Waals surface area contributed by atoms with E-state index in [4.69, 9.17) is 5.26 Å². The lowest BCUT2D eigenvalue weighted by molar-refractivity contribution is -0.138. The SMILES string of the molecule is CCC(CC)N1CCN(C(=O)C2CCN(c3ccc(C#N)cn3)CC2)CC1. The molecule has 0 aromatic carbocycles. The zero-order valence-electron chi connectivity index (χ0n) is 16.6. The number of hydrogen-bond donors (Lipinski definition) is 0. The molecule has 6 nitrogen and oxygen atoms in total. The molecule has 2 aliphatic heterocycles. The molecule has 0 saturated carbocycles. The molecule has 0 radical (unpaired) electrons. The normalized spacial score (nSPS) is 19.3. The first-order valence-electron chi connectivity index (χ1n) is 10.3. The molecule has 3 rings (SSSR count). The summed E-state index contributed by atoms with van der Waals surface area (Å²) < 4.78 is 0. The fourth-order valence-corrected chi connectivity index (χ4v) is 4.37. The lowest BCUT2D eigenvalue weighted by atomic mass is 9.94. The average Bonchev–Trinajstić information content (AvgIpc) is 2.75. The number of aromatic nitrogens is 1. The van der Waals surface area contributed by atoms with Gasteiger partial charge in [-0.1, -0.05) is 13.8 Å². The monoisotopic (exact) mass is 369 g/mol. The van der Waals surface area contributed by atoms with Gasteiger partial charge in [0.05, 0.1) is 5.56 Å². The van der Waals surface area contributed by atoms with E-state index in [9.17, 15) is 4.79 Å². The van der Waals surface area contributed by atoms with Gasteiger partial charge in [0, 0.05) is 57.4 Å². The van der Waals surface area contributed by atoms with Crippen molar-refractivity contribution in [2.45, 2.75) is 45.6 Å². The number of piperidine rings is 1. The number of rotatable bonds is 5. The predicted molar refractivity (Wildman–Crippen MR) is 106 cm³/mol. The quantitative estimate of drug-likeness (QED) is 0.798. The third-order valence-corrected chi connectivity index (χ3v) is 6.13. The second-order valence-corrected chi connectivity index (χ2v) is 7.61. The lowest BCUT2D eigenvalue weighted by Crippen LogP contribution is -2.53. The molecular formula is C21H31N5O. The number of carbonyl (C=O) groups excluding carboxylic acids is 1. The van der Waals surface area contributed by atoms with E-state index < -0.39 is 0 Å². The van der Waals surface area contributed by atoms with Gasteiger partial charge >= 0.3 is 0 Å². The fraction of sp³-hybridized carbons (Fsp3) is 0.667. The predicted octanol–water partition coefficient (Wildman–Crippen LogP) is 2.50. The third-order valence-electron chi connectivity index (χ3n) is 6.13. The van der Waals surface area contributed by atoms with Crippen molar-refractivity contribution in [1.29, 1.82) is 5.26 Å². The highest BCUT2D eigenvalue weighted by Crippen LogP contribution is 2.24. The van der Waals surface area contributed by atoms with E-state index in [0.29, 0.717) is 17.5 Å². The second-order valence-electron chi connectivity index (χ2n) is 7.61. The molecule has 0 aliphatic carbocycles. The Hall–Kier alpha value is -2.13. The third kappa shape index (κ3) is 4.59. The largest absolute Gasteiger partial charge is 0.357 e. The molecule has 2 fully saturated rings. The van der Waals surface area contributed by atoms with Crippen LogP contribution in [0.5, 0.6) is 0 Å². The van der Waals surface area contributed by atoms with Crippen molar-refractivity contribution in [2.24, 2.45) is 5.92 Å². The van der Waals surface area contributed by atoms with Crippen LogP contribution in [-0.4, -0.2) is 66.0 Å². The van der Waals surface area contributed by atoms with E-state index in [-0.39, 0.29) is 5.92 Å². The van der Waals surface area contributed by atoms with Gasteiger partial charge in [-0.05, 0) is 37.8 Å². The van der Waals surface area contributed by atoms with Crippen LogP contribution in [-0.2, 0) is 4.79 Å². The molecule has 2 saturated heterocycles. The van der Waals surface area contributed by atoms with Crippen LogP contribution in [0.25, 0.3) is 0 Å². The summed E-state index contributed by atoms with van der Waals surface area (Å²) in [6.07, 6.45) is 5.76. The van der Waals surface area contributed by atoms with Crippen LogP contribution in [0.15, 0.2) is 18.3 Å². The van der Waals surface area contributed by atoms with Gasteiger partial charge in [-0.25, -0.2) is 4.98 Å². The molecule has 3 heterocycles. The number of piperazine rings is 1. The highest BCUT2D eigenvalue weighted by molar-refractivity contribution is 5.79. The van der Waals surface area contributed by atoms with Gasteiger partial charge in [0.15, 0.2) is 0 Å². The second kappa shape index (κ2) is 9.18. The minimum atomic E-state index is 0.138. The number of amides is 1. The van der Waals surface area contributed by atoms with Crippen molar-refractivity contribution in [2.75, 3.05) is 44.2 Å². The van der Waals surface area contributed by atoms with E-state index >= 15 is 0 Å². The highest BCUT2D eigenvalue weighted by atomic mass is 16.2. The van der Waals surface area contributed by atoms with Crippen molar-refractivity contribution in [1.82, 2.24) is 14.8 Å². The lowest BCUT2D eigenvalue weighted by Gasteiger charge is -2.41. The van der Waals surface area contributed by atoms with Gasteiger partial charge in [0.2, 0.25) is 5.91 Å². The van der Waals surface area contributed by atoms with Crippen LogP contribution in [0.1, 0.15) is 45.1 Å². The Morgan fingerprint density at radius 3 is 2.33 bits per heavy atom. The fourth-order valence-electron chi connectivity index (χ4n) is 4.37. The molecule has 0 spiro atoms. The van der Waals surface area contributed by atoms with Crippen molar-refractivity contribution < 1.29 is 4.79 Å².